The van der Waals surface area contributed by atoms with Gasteiger partial charge in [0.2, 0.25) is 5.91 Å². The van der Waals surface area contributed by atoms with Crippen molar-refractivity contribution in [2.45, 2.75) is 16.9 Å². The Balaban J connectivity index is 1.88. The smallest absolute Gasteiger partial charge is 0.254 e. The number of methoxy groups -OCH3 is 4. The number of thioether (sulfide) groups is 1. The first-order valence-corrected chi connectivity index (χ1v) is 12.8. The summed E-state index contributed by atoms with van der Waals surface area (Å²) >= 11 is 1.62. The number of carbonyl (C=O) groups is 2. The molecule has 9 heteroatoms. The third-order valence-corrected chi connectivity index (χ3v) is 7.32. The number of rotatable bonds is 8. The molecule has 0 saturated heterocycles. The predicted octanol–water partition coefficient (Wildman–Crippen LogP) is 4.99. The Bertz CT molecular complexity index is 1310. The van der Waals surface area contributed by atoms with Crippen molar-refractivity contribution in [3.8, 4) is 23.0 Å². The number of amides is 2. The van der Waals surface area contributed by atoms with E-state index >= 15 is 0 Å². The van der Waals surface area contributed by atoms with Gasteiger partial charge in [0, 0.05) is 23.6 Å². The van der Waals surface area contributed by atoms with Gasteiger partial charge in [0.15, 0.2) is 11.5 Å². The molecule has 4 rings (SSSR count). The lowest BCUT2D eigenvalue weighted by Crippen LogP contribution is -2.44. The quantitative estimate of drug-likeness (QED) is 0.417. The molecule has 1 heterocycles. The fraction of sp³-hybridized carbons (Fsp3) is 0.286. The largest absolute Gasteiger partial charge is 0.497 e. The van der Waals surface area contributed by atoms with Crippen LogP contribution in [-0.4, -0.2) is 58.5 Å². The average molecular weight is 523 g/mol. The van der Waals surface area contributed by atoms with Crippen LogP contribution in [0.2, 0.25) is 0 Å². The Morgan fingerprint density at radius 2 is 1.51 bits per heavy atom. The summed E-state index contributed by atoms with van der Waals surface area (Å²) in [4.78, 5) is 30.3. The summed E-state index contributed by atoms with van der Waals surface area (Å²) in [7, 11) is 7.83. The number of anilines is 1. The van der Waals surface area contributed by atoms with Gasteiger partial charge in [-0.2, -0.15) is 0 Å². The highest BCUT2D eigenvalue weighted by Gasteiger charge is 2.43. The van der Waals surface area contributed by atoms with Crippen LogP contribution in [0.15, 0.2) is 59.5 Å². The lowest BCUT2D eigenvalue weighted by atomic mass is 9.79. The minimum absolute atomic E-state index is 0.210. The van der Waals surface area contributed by atoms with Crippen molar-refractivity contribution in [3.63, 3.8) is 0 Å². The Morgan fingerprint density at radius 3 is 2.11 bits per heavy atom. The molecule has 0 radical (unpaired) electrons. The summed E-state index contributed by atoms with van der Waals surface area (Å²) < 4.78 is 21.8. The Hall–Kier alpha value is -3.85. The van der Waals surface area contributed by atoms with Gasteiger partial charge in [-0.3, -0.25) is 9.59 Å². The Kier molecular flexibility index (Phi) is 7.83. The van der Waals surface area contributed by atoms with Gasteiger partial charge in [0.05, 0.1) is 46.1 Å². The van der Waals surface area contributed by atoms with Crippen LogP contribution in [0.1, 0.15) is 33.4 Å². The van der Waals surface area contributed by atoms with Gasteiger partial charge in [0.25, 0.3) is 5.91 Å². The second kappa shape index (κ2) is 11.0. The number of likely N-dealkylation sites (N-methyl/N-ethyl adjacent to an activating group) is 1. The molecule has 0 fully saturated rings. The topological polar surface area (TPSA) is 86.3 Å². The van der Waals surface area contributed by atoms with Crippen LogP contribution in [0.5, 0.6) is 23.0 Å². The number of ether oxygens (including phenoxy) is 4. The van der Waals surface area contributed by atoms with Crippen molar-refractivity contribution in [1.29, 1.82) is 0 Å². The fourth-order valence-electron chi connectivity index (χ4n) is 4.67. The van der Waals surface area contributed by atoms with E-state index in [1.54, 1.807) is 61.2 Å². The lowest BCUT2D eigenvalue weighted by Gasteiger charge is -2.40. The molecule has 1 aliphatic rings. The first-order chi connectivity index (χ1) is 17.9. The molecule has 1 N–H and O–H groups in total. The zero-order valence-electron chi connectivity index (χ0n) is 21.7. The van der Waals surface area contributed by atoms with E-state index in [4.69, 9.17) is 18.9 Å². The number of fused-ring (bicyclic) bond motifs is 1. The van der Waals surface area contributed by atoms with Crippen molar-refractivity contribution in [2.75, 3.05) is 47.1 Å². The molecule has 3 aromatic carbocycles. The third kappa shape index (κ3) is 4.91. The monoisotopic (exact) mass is 522 g/mol. The van der Waals surface area contributed by atoms with Crippen LogP contribution in [0.3, 0.4) is 0 Å². The number of hydrogen-bond acceptors (Lipinski definition) is 7. The molecule has 0 spiro atoms. The van der Waals surface area contributed by atoms with Gasteiger partial charge >= 0.3 is 0 Å². The summed E-state index contributed by atoms with van der Waals surface area (Å²) in [5, 5.41) is 3.01. The van der Waals surface area contributed by atoms with E-state index < -0.39 is 12.0 Å². The van der Waals surface area contributed by atoms with Crippen LogP contribution in [-0.2, 0) is 4.79 Å². The summed E-state index contributed by atoms with van der Waals surface area (Å²) in [6.45, 7) is 0. The fourth-order valence-corrected chi connectivity index (χ4v) is 5.08. The van der Waals surface area contributed by atoms with E-state index in [1.807, 2.05) is 30.5 Å². The first-order valence-electron chi connectivity index (χ1n) is 11.6. The zero-order chi connectivity index (χ0) is 26.7. The molecule has 0 aliphatic carbocycles. The zero-order valence-corrected chi connectivity index (χ0v) is 22.5. The molecular formula is C28H30N2O6S. The molecule has 2 amide bonds. The minimum atomic E-state index is -0.756. The van der Waals surface area contributed by atoms with Crippen molar-refractivity contribution in [1.82, 2.24) is 4.90 Å². The second-order valence-corrected chi connectivity index (χ2v) is 9.34. The summed E-state index contributed by atoms with van der Waals surface area (Å²) in [5.74, 6) is 0.641. The minimum Gasteiger partial charge on any atom is -0.497 e. The predicted molar refractivity (Wildman–Crippen MR) is 144 cm³/mol. The molecule has 0 saturated carbocycles. The van der Waals surface area contributed by atoms with Gasteiger partial charge in [0.1, 0.15) is 11.5 Å². The number of benzene rings is 3. The first kappa shape index (κ1) is 26.2. The van der Waals surface area contributed by atoms with Crippen molar-refractivity contribution in [3.05, 3.63) is 71.3 Å². The third-order valence-electron chi connectivity index (χ3n) is 6.58. The van der Waals surface area contributed by atoms with Gasteiger partial charge in [-0.15, -0.1) is 11.8 Å². The molecule has 0 aromatic heterocycles. The van der Waals surface area contributed by atoms with E-state index in [2.05, 4.69) is 5.32 Å². The number of nitrogens with zero attached hydrogens (tertiary/aromatic N) is 1. The van der Waals surface area contributed by atoms with Crippen LogP contribution < -0.4 is 24.3 Å². The van der Waals surface area contributed by atoms with Crippen LogP contribution in [0.4, 0.5) is 5.69 Å². The van der Waals surface area contributed by atoms with Gasteiger partial charge in [-0.1, -0.05) is 12.1 Å². The van der Waals surface area contributed by atoms with E-state index in [0.717, 1.165) is 10.5 Å². The van der Waals surface area contributed by atoms with Crippen molar-refractivity contribution >= 4 is 29.3 Å². The maximum atomic E-state index is 14.1. The van der Waals surface area contributed by atoms with E-state index in [0.29, 0.717) is 39.8 Å². The Morgan fingerprint density at radius 1 is 0.865 bits per heavy atom. The second-order valence-electron chi connectivity index (χ2n) is 8.46. The Labute approximate surface area is 220 Å². The number of carbonyl (C=O) groups excluding carboxylic acids is 2. The molecule has 37 heavy (non-hydrogen) atoms. The normalized spacial score (nSPS) is 16.6. The van der Waals surface area contributed by atoms with E-state index in [9.17, 15) is 9.59 Å². The van der Waals surface area contributed by atoms with Crippen LogP contribution in [0.25, 0.3) is 0 Å². The summed E-state index contributed by atoms with van der Waals surface area (Å²) in [5.41, 5.74) is 2.24. The maximum absolute atomic E-state index is 14.1. The van der Waals surface area contributed by atoms with Crippen LogP contribution >= 0.6 is 11.8 Å². The molecule has 0 unspecified atom stereocenters. The molecule has 8 nitrogen and oxygen atoms in total. The number of hydrogen-bond donors (Lipinski definition) is 1. The van der Waals surface area contributed by atoms with Crippen molar-refractivity contribution < 1.29 is 28.5 Å². The number of nitrogens with one attached hydrogen (secondary N) is 1. The molecule has 0 bridgehead atoms. The van der Waals surface area contributed by atoms with Gasteiger partial charge in [-0.05, 0) is 53.8 Å². The lowest BCUT2D eigenvalue weighted by molar-refractivity contribution is -0.119. The molecule has 1 aliphatic heterocycles. The SMILES string of the molecule is COc1ccc(OC)c(NC(=O)[C@@H]2c3cc(OC)c(OC)cc3C(=O)N(C)[C@@H]2c2ccc(SC)cc2)c1. The maximum Gasteiger partial charge on any atom is 0.254 e. The van der Waals surface area contributed by atoms with Crippen LogP contribution in [0, 0.1) is 0 Å². The summed E-state index contributed by atoms with van der Waals surface area (Å²) in [6, 6.07) is 15.9. The van der Waals surface area contributed by atoms with E-state index in [-0.39, 0.29) is 11.8 Å². The highest BCUT2D eigenvalue weighted by molar-refractivity contribution is 7.98. The van der Waals surface area contributed by atoms with Crippen molar-refractivity contribution in [2.24, 2.45) is 0 Å². The standard InChI is InChI=1S/C28H30N2O6S/c1-30-26(16-7-10-18(37-6)11-8-16)25(19-14-23(35-4)24(36-5)15-20(19)28(30)32)27(31)29-21-13-17(33-2)9-12-22(21)34-3/h7-15,25-26H,1-6H3,(H,29,31)/t25-,26-/m1/s1. The summed E-state index contributed by atoms with van der Waals surface area (Å²) in [6.07, 6.45) is 2.00. The molecular weight excluding hydrogens is 492 g/mol. The molecule has 3 aromatic rings. The van der Waals surface area contributed by atoms with Gasteiger partial charge in [-0.25, -0.2) is 0 Å². The average Bonchev–Trinajstić information content (AvgIpc) is 2.93. The molecule has 2 atom stereocenters. The van der Waals surface area contributed by atoms with Gasteiger partial charge < -0.3 is 29.2 Å². The van der Waals surface area contributed by atoms with E-state index in [1.165, 1.54) is 21.3 Å². The highest BCUT2D eigenvalue weighted by atomic mass is 32.2. The highest BCUT2D eigenvalue weighted by Crippen LogP contribution is 2.46. The molecule has 194 valence electrons.